The molecule has 20 heavy (non-hydrogen) atoms. The normalized spacial score (nSPS) is 17.2. The number of sulfone groups is 1. The Kier molecular flexibility index (Phi) is 3.96. The Balaban J connectivity index is 2.42. The minimum absolute atomic E-state index is 0.0133. The van der Waals surface area contributed by atoms with Crippen molar-refractivity contribution in [3.05, 3.63) is 28.3 Å². The first-order chi connectivity index (χ1) is 9.27. The van der Waals surface area contributed by atoms with Crippen LogP contribution in [0.15, 0.2) is 23.1 Å². The molecule has 1 aliphatic heterocycles. The molecular formula is C12H17N3O4S. The van der Waals surface area contributed by atoms with Gasteiger partial charge in [-0.15, -0.1) is 0 Å². The van der Waals surface area contributed by atoms with Crippen molar-refractivity contribution in [2.45, 2.75) is 4.90 Å². The van der Waals surface area contributed by atoms with Crippen molar-refractivity contribution in [2.24, 2.45) is 0 Å². The molecule has 0 aromatic heterocycles. The predicted octanol–water partition coefficient (Wildman–Crippen LogP) is 0.750. The van der Waals surface area contributed by atoms with Crippen LogP contribution in [0.25, 0.3) is 0 Å². The third kappa shape index (κ3) is 3.26. The minimum atomic E-state index is -3.47. The Morgan fingerprint density at radius 2 is 1.75 bits per heavy atom. The lowest BCUT2D eigenvalue weighted by Gasteiger charge is -2.34. The summed E-state index contributed by atoms with van der Waals surface area (Å²) in [6.45, 7) is 3.13. The summed E-state index contributed by atoms with van der Waals surface area (Å²) in [5, 5.41) is 11.0. The van der Waals surface area contributed by atoms with Crippen LogP contribution in [0.4, 0.5) is 11.4 Å². The Hall–Kier alpha value is -1.67. The zero-order valence-corrected chi connectivity index (χ0v) is 12.3. The SMILES string of the molecule is CN1CCN(c2cc([N+](=O)[O-])cc(S(C)(=O)=O)c2)CC1. The van der Waals surface area contributed by atoms with Crippen LogP contribution >= 0.6 is 0 Å². The summed E-state index contributed by atoms with van der Waals surface area (Å²) >= 11 is 0. The summed E-state index contributed by atoms with van der Waals surface area (Å²) in [6, 6.07) is 4.04. The number of anilines is 1. The fourth-order valence-corrected chi connectivity index (χ4v) is 2.80. The van der Waals surface area contributed by atoms with Crippen LogP contribution < -0.4 is 4.90 Å². The van der Waals surface area contributed by atoms with Gasteiger partial charge in [0.2, 0.25) is 0 Å². The molecule has 0 unspecified atom stereocenters. The lowest BCUT2D eigenvalue weighted by molar-refractivity contribution is -0.385. The largest absolute Gasteiger partial charge is 0.369 e. The van der Waals surface area contributed by atoms with Crippen molar-refractivity contribution in [2.75, 3.05) is 44.4 Å². The number of non-ortho nitro benzene ring substituents is 1. The van der Waals surface area contributed by atoms with Crippen LogP contribution in [-0.4, -0.2) is 57.7 Å². The number of hydrogen-bond acceptors (Lipinski definition) is 6. The molecule has 0 saturated carbocycles. The minimum Gasteiger partial charge on any atom is -0.369 e. The zero-order chi connectivity index (χ0) is 14.9. The standard InChI is InChI=1S/C12H17N3O4S/c1-13-3-5-14(6-4-13)10-7-11(15(16)17)9-12(8-10)20(2,18)19/h7-9H,3-6H2,1-2H3. The lowest BCUT2D eigenvalue weighted by atomic mass is 10.2. The molecule has 0 amide bonds. The van der Waals surface area contributed by atoms with E-state index in [0.717, 1.165) is 38.5 Å². The number of nitro groups is 1. The average Bonchev–Trinajstić information content (AvgIpc) is 2.38. The van der Waals surface area contributed by atoms with Gasteiger partial charge in [-0.1, -0.05) is 0 Å². The predicted molar refractivity (Wildman–Crippen MR) is 75.9 cm³/mol. The number of rotatable bonds is 3. The topological polar surface area (TPSA) is 83.8 Å². The lowest BCUT2D eigenvalue weighted by Crippen LogP contribution is -2.44. The molecule has 1 aromatic rings. The molecule has 1 fully saturated rings. The molecule has 0 bridgehead atoms. The highest BCUT2D eigenvalue weighted by molar-refractivity contribution is 7.90. The molecule has 0 atom stereocenters. The first kappa shape index (κ1) is 14.7. The Bertz CT molecular complexity index is 622. The van der Waals surface area contributed by atoms with E-state index in [4.69, 9.17) is 0 Å². The summed E-state index contributed by atoms with van der Waals surface area (Å²) in [7, 11) is -1.47. The molecule has 1 aliphatic rings. The monoisotopic (exact) mass is 299 g/mol. The molecule has 2 rings (SSSR count). The van der Waals surface area contributed by atoms with Crippen LogP contribution in [0.3, 0.4) is 0 Å². The molecule has 0 radical (unpaired) electrons. The maximum Gasteiger partial charge on any atom is 0.272 e. The van der Waals surface area contributed by atoms with Crippen LogP contribution in [-0.2, 0) is 9.84 Å². The van der Waals surface area contributed by atoms with Gasteiger partial charge in [0, 0.05) is 50.3 Å². The highest BCUT2D eigenvalue weighted by Gasteiger charge is 2.20. The third-order valence-electron chi connectivity index (χ3n) is 3.38. The fraction of sp³-hybridized carbons (Fsp3) is 0.500. The van der Waals surface area contributed by atoms with E-state index in [1.54, 1.807) is 0 Å². The van der Waals surface area contributed by atoms with Crippen molar-refractivity contribution in [3.63, 3.8) is 0 Å². The van der Waals surface area contributed by atoms with E-state index in [1.807, 2.05) is 11.9 Å². The Labute approximate surface area is 117 Å². The Morgan fingerprint density at radius 1 is 1.15 bits per heavy atom. The van der Waals surface area contributed by atoms with Gasteiger partial charge in [-0.2, -0.15) is 0 Å². The number of hydrogen-bond donors (Lipinski definition) is 0. The van der Waals surface area contributed by atoms with Crippen LogP contribution in [0, 0.1) is 10.1 Å². The van der Waals surface area contributed by atoms with Crippen LogP contribution in [0.5, 0.6) is 0 Å². The van der Waals surface area contributed by atoms with Crippen molar-refractivity contribution in [1.29, 1.82) is 0 Å². The fourth-order valence-electron chi connectivity index (χ4n) is 2.13. The van der Waals surface area contributed by atoms with Gasteiger partial charge in [-0.05, 0) is 13.1 Å². The average molecular weight is 299 g/mol. The number of benzene rings is 1. The molecule has 1 heterocycles. The van der Waals surface area contributed by atoms with E-state index in [-0.39, 0.29) is 10.6 Å². The van der Waals surface area contributed by atoms with Gasteiger partial charge < -0.3 is 9.80 Å². The van der Waals surface area contributed by atoms with Gasteiger partial charge in [0.05, 0.1) is 9.82 Å². The summed E-state index contributed by atoms with van der Waals surface area (Å²) in [4.78, 5) is 14.5. The molecule has 8 heteroatoms. The second kappa shape index (κ2) is 5.37. The summed E-state index contributed by atoms with van der Waals surface area (Å²) in [5.41, 5.74) is 0.398. The smallest absolute Gasteiger partial charge is 0.272 e. The van der Waals surface area contributed by atoms with Gasteiger partial charge in [0.1, 0.15) is 0 Å². The number of piperazine rings is 1. The number of nitrogens with zero attached hydrogens (tertiary/aromatic N) is 3. The zero-order valence-electron chi connectivity index (χ0n) is 11.4. The molecule has 0 N–H and O–H groups in total. The van der Waals surface area contributed by atoms with E-state index in [0.29, 0.717) is 5.69 Å². The van der Waals surface area contributed by atoms with Crippen molar-refractivity contribution in [1.82, 2.24) is 4.90 Å². The third-order valence-corrected chi connectivity index (χ3v) is 4.48. The van der Waals surface area contributed by atoms with Crippen LogP contribution in [0.1, 0.15) is 0 Å². The van der Waals surface area contributed by atoms with Crippen LogP contribution in [0.2, 0.25) is 0 Å². The summed E-state index contributed by atoms with van der Waals surface area (Å²) < 4.78 is 23.3. The molecule has 1 saturated heterocycles. The second-order valence-electron chi connectivity index (χ2n) is 5.00. The van der Waals surface area contributed by atoms with Crippen molar-refractivity contribution < 1.29 is 13.3 Å². The van der Waals surface area contributed by atoms with Gasteiger partial charge in [-0.3, -0.25) is 10.1 Å². The summed E-state index contributed by atoms with van der Waals surface area (Å²) in [6.07, 6.45) is 1.06. The molecule has 1 aromatic carbocycles. The summed E-state index contributed by atoms with van der Waals surface area (Å²) in [5.74, 6) is 0. The maximum atomic E-state index is 11.6. The molecule has 7 nitrogen and oxygen atoms in total. The van der Waals surface area contributed by atoms with Gasteiger partial charge >= 0.3 is 0 Å². The highest BCUT2D eigenvalue weighted by atomic mass is 32.2. The van der Waals surface area contributed by atoms with Crippen molar-refractivity contribution >= 4 is 21.2 Å². The maximum absolute atomic E-state index is 11.6. The molecule has 110 valence electrons. The van der Waals surface area contributed by atoms with E-state index in [9.17, 15) is 18.5 Å². The quantitative estimate of drug-likeness (QED) is 0.605. The molecular weight excluding hydrogens is 282 g/mol. The van der Waals surface area contributed by atoms with Gasteiger partial charge in [-0.25, -0.2) is 8.42 Å². The van der Waals surface area contributed by atoms with E-state index >= 15 is 0 Å². The van der Waals surface area contributed by atoms with Crippen molar-refractivity contribution in [3.8, 4) is 0 Å². The number of nitro benzene ring substituents is 1. The van der Waals surface area contributed by atoms with Gasteiger partial charge in [0.25, 0.3) is 5.69 Å². The van der Waals surface area contributed by atoms with E-state index in [2.05, 4.69) is 4.90 Å². The van der Waals surface area contributed by atoms with Gasteiger partial charge in [0.15, 0.2) is 9.84 Å². The van der Waals surface area contributed by atoms with E-state index in [1.165, 1.54) is 12.1 Å². The number of likely N-dealkylation sites (N-methyl/N-ethyl adjacent to an activating group) is 1. The molecule has 0 aliphatic carbocycles. The highest BCUT2D eigenvalue weighted by Crippen LogP contribution is 2.27. The van der Waals surface area contributed by atoms with E-state index < -0.39 is 14.8 Å². The second-order valence-corrected chi connectivity index (χ2v) is 7.02. The first-order valence-electron chi connectivity index (χ1n) is 6.20. The molecule has 0 spiro atoms. The Morgan fingerprint density at radius 3 is 2.25 bits per heavy atom. The first-order valence-corrected chi connectivity index (χ1v) is 8.09.